The van der Waals surface area contributed by atoms with E-state index in [1.165, 1.54) is 30.3 Å². The number of nitro groups is 1. The quantitative estimate of drug-likeness (QED) is 0.129. The van der Waals surface area contributed by atoms with Crippen LogP contribution in [0.4, 0.5) is 17.1 Å². The Hall–Kier alpha value is -3.69. The highest BCUT2D eigenvalue weighted by Gasteiger charge is 2.57. The fourth-order valence-electron chi connectivity index (χ4n) is 5.14. The minimum absolute atomic E-state index is 0.184. The molecule has 3 amide bonds. The van der Waals surface area contributed by atoms with Crippen molar-refractivity contribution in [1.29, 1.82) is 0 Å². The molecule has 2 aliphatic rings. The number of nitrogens with one attached hydrogen (secondary N) is 2. The number of carbonyl (C=O) groups excluding carboxylic acids is 3. The van der Waals surface area contributed by atoms with Gasteiger partial charge >= 0.3 is 4.87 Å². The molecule has 44 heavy (non-hydrogen) atoms. The smallest absolute Gasteiger partial charge is 0.305 e. The Labute approximate surface area is 274 Å². The van der Waals surface area contributed by atoms with Crippen molar-refractivity contribution >= 4 is 97.0 Å². The first-order chi connectivity index (χ1) is 21.0. The summed E-state index contributed by atoms with van der Waals surface area (Å²) in [4.78, 5) is 67.5. The predicted octanol–water partition coefficient (Wildman–Crippen LogP) is 6.23. The largest absolute Gasteiger partial charge is 0.483 e. The normalized spacial score (nSPS) is 19.0. The van der Waals surface area contributed by atoms with E-state index in [4.69, 9.17) is 27.9 Å². The Morgan fingerprint density at radius 2 is 1.80 bits per heavy atom. The van der Waals surface area contributed by atoms with Crippen molar-refractivity contribution in [2.75, 3.05) is 16.8 Å². The van der Waals surface area contributed by atoms with E-state index in [0.717, 1.165) is 28.0 Å². The number of rotatable bonds is 7. The van der Waals surface area contributed by atoms with Gasteiger partial charge < -0.3 is 15.0 Å². The Kier molecular flexibility index (Phi) is 8.28. The summed E-state index contributed by atoms with van der Waals surface area (Å²) in [5, 5.41) is 14.0. The highest BCUT2D eigenvalue weighted by Crippen LogP contribution is 2.54. The molecule has 0 spiro atoms. The summed E-state index contributed by atoms with van der Waals surface area (Å²) in [5.41, 5.74) is 0.914. The number of thioether (sulfide) groups is 1. The predicted molar refractivity (Wildman–Crippen MR) is 170 cm³/mol. The third kappa shape index (κ3) is 5.63. The van der Waals surface area contributed by atoms with Crippen molar-refractivity contribution in [2.45, 2.75) is 16.2 Å². The number of anilines is 2. The molecular weight excluding hydrogens is 719 g/mol. The van der Waals surface area contributed by atoms with Crippen LogP contribution < -0.4 is 19.8 Å². The number of hydrogen-bond donors (Lipinski definition) is 2. The third-order valence-corrected chi connectivity index (χ3v) is 10.6. The van der Waals surface area contributed by atoms with Gasteiger partial charge in [0.25, 0.3) is 11.6 Å². The van der Waals surface area contributed by atoms with E-state index in [-0.39, 0.29) is 27.0 Å². The minimum Gasteiger partial charge on any atom is -0.483 e. The molecule has 2 N–H and O–H groups in total. The van der Waals surface area contributed by atoms with Crippen LogP contribution in [0.3, 0.4) is 0 Å². The Morgan fingerprint density at radius 3 is 2.50 bits per heavy atom. The van der Waals surface area contributed by atoms with Crippen molar-refractivity contribution in [3.05, 3.63) is 105 Å². The molecule has 0 radical (unpaired) electrons. The summed E-state index contributed by atoms with van der Waals surface area (Å²) in [7, 11) is 0. The molecule has 224 valence electrons. The van der Waals surface area contributed by atoms with Crippen LogP contribution in [-0.2, 0) is 14.4 Å². The molecule has 1 saturated heterocycles. The van der Waals surface area contributed by atoms with Crippen LogP contribution in [0.1, 0.15) is 16.4 Å². The highest BCUT2D eigenvalue weighted by molar-refractivity contribution is 9.10. The monoisotopic (exact) mass is 734 g/mol. The van der Waals surface area contributed by atoms with Gasteiger partial charge in [0.15, 0.2) is 6.61 Å². The zero-order valence-electron chi connectivity index (χ0n) is 21.9. The van der Waals surface area contributed by atoms with E-state index in [1.807, 2.05) is 0 Å². The van der Waals surface area contributed by atoms with Gasteiger partial charge in [0.1, 0.15) is 11.0 Å². The summed E-state index contributed by atoms with van der Waals surface area (Å²) in [6.45, 7) is -0.400. The number of nitro benzene ring substituents is 1. The number of imide groups is 1. The third-order valence-electron chi connectivity index (χ3n) is 7.01. The molecule has 11 nitrogen and oxygen atoms in total. The number of carbonyl (C=O) groups is 3. The van der Waals surface area contributed by atoms with Crippen molar-refractivity contribution in [1.82, 2.24) is 4.98 Å². The summed E-state index contributed by atoms with van der Waals surface area (Å²) in [5.74, 6) is -2.98. The maximum Gasteiger partial charge on any atom is 0.305 e. The lowest BCUT2D eigenvalue weighted by Crippen LogP contribution is -2.32. The standard InChI is InChI=1S/C28H17BrCl2N4O7S2/c29-12-1-8-19(42-11-20(36)32-13-2-7-17(30)18(31)10-13)16(9-12)21-22-24(43-25-23(21)44-28(39)33-25)27(38)34(26(22)37)14-3-5-15(6-4-14)35(40)41/h1-10,21-22,24H,11H2,(H,32,36)(H,33,39)/t21-,22?,24?/m1/s1. The van der Waals surface area contributed by atoms with Crippen LogP contribution in [0.5, 0.6) is 5.75 Å². The number of H-pyrrole nitrogens is 1. The second-order valence-corrected chi connectivity index (χ2v) is 13.6. The lowest BCUT2D eigenvalue weighted by Gasteiger charge is -2.31. The van der Waals surface area contributed by atoms with E-state index >= 15 is 0 Å². The molecule has 2 unspecified atom stereocenters. The molecular formula is C28H17BrCl2N4O7S2. The SMILES string of the molecule is O=C(COc1ccc(Br)cc1[C@H]1c2sc(=O)[nH]c2SC2C(=O)N(c3ccc([N+](=O)[O-])cc3)C(=O)C21)Nc1ccc(Cl)c(Cl)c1. The number of hydrogen-bond acceptors (Lipinski definition) is 9. The molecule has 2 aliphatic heterocycles. The molecule has 1 fully saturated rings. The fraction of sp³-hybridized carbons (Fsp3) is 0.143. The minimum atomic E-state index is -0.941. The van der Waals surface area contributed by atoms with Crippen LogP contribution in [-0.4, -0.2) is 39.5 Å². The molecule has 3 aromatic carbocycles. The number of fused-ring (bicyclic) bond motifs is 2. The molecule has 3 heterocycles. The van der Waals surface area contributed by atoms with Gasteiger partial charge in [-0.1, -0.05) is 62.2 Å². The maximum atomic E-state index is 14.0. The number of amides is 3. The van der Waals surface area contributed by atoms with Crippen molar-refractivity contribution in [3.8, 4) is 5.75 Å². The van der Waals surface area contributed by atoms with Crippen LogP contribution in [0, 0.1) is 16.0 Å². The van der Waals surface area contributed by atoms with Crippen molar-refractivity contribution < 1.29 is 24.0 Å². The summed E-state index contributed by atoms with van der Waals surface area (Å²) < 4.78 is 6.60. The Morgan fingerprint density at radius 1 is 1.05 bits per heavy atom. The maximum absolute atomic E-state index is 14.0. The number of non-ortho nitro benzene ring substituents is 1. The summed E-state index contributed by atoms with van der Waals surface area (Å²) in [6, 6.07) is 14.8. The highest BCUT2D eigenvalue weighted by atomic mass is 79.9. The number of thiazole rings is 1. The van der Waals surface area contributed by atoms with Gasteiger partial charge in [-0.2, -0.15) is 0 Å². The second-order valence-electron chi connectivity index (χ2n) is 9.68. The Balaban J connectivity index is 1.34. The summed E-state index contributed by atoms with van der Waals surface area (Å²) in [6.07, 6.45) is 0. The number of aromatic nitrogens is 1. The van der Waals surface area contributed by atoms with Gasteiger partial charge in [-0.15, -0.1) is 0 Å². The van der Waals surface area contributed by atoms with E-state index in [1.54, 1.807) is 30.3 Å². The number of nitrogens with zero attached hydrogens (tertiary/aromatic N) is 2. The van der Waals surface area contributed by atoms with Gasteiger partial charge in [-0.25, -0.2) is 4.90 Å². The second kappa shape index (κ2) is 12.0. The van der Waals surface area contributed by atoms with Crippen LogP contribution in [0.2, 0.25) is 10.0 Å². The first-order valence-electron chi connectivity index (χ1n) is 12.7. The Bertz CT molecular complexity index is 1920. The lowest BCUT2D eigenvalue weighted by molar-refractivity contribution is -0.384. The van der Waals surface area contributed by atoms with E-state index in [9.17, 15) is 29.3 Å². The number of halogens is 3. The molecule has 0 saturated carbocycles. The average molecular weight is 736 g/mol. The topological polar surface area (TPSA) is 152 Å². The molecule has 0 aliphatic carbocycles. The van der Waals surface area contributed by atoms with Gasteiger partial charge in [-0.3, -0.25) is 29.3 Å². The molecule has 6 rings (SSSR count). The molecule has 16 heteroatoms. The van der Waals surface area contributed by atoms with Crippen LogP contribution >= 0.6 is 62.2 Å². The molecule has 4 aromatic rings. The average Bonchev–Trinajstić information content (AvgIpc) is 3.48. The molecule has 3 atom stereocenters. The first-order valence-corrected chi connectivity index (χ1v) is 16.0. The van der Waals surface area contributed by atoms with Crippen LogP contribution in [0.15, 0.2) is 75.0 Å². The molecule has 0 bridgehead atoms. The number of ether oxygens (including phenoxy) is 1. The number of aromatic amines is 1. The van der Waals surface area contributed by atoms with Gasteiger partial charge in [-0.05, 0) is 48.5 Å². The zero-order chi connectivity index (χ0) is 31.3. The van der Waals surface area contributed by atoms with E-state index in [0.29, 0.717) is 30.6 Å². The van der Waals surface area contributed by atoms with Gasteiger partial charge in [0.2, 0.25) is 11.8 Å². The van der Waals surface area contributed by atoms with Crippen LogP contribution in [0.25, 0.3) is 0 Å². The zero-order valence-corrected chi connectivity index (χ0v) is 26.6. The van der Waals surface area contributed by atoms with Crippen molar-refractivity contribution in [2.24, 2.45) is 5.92 Å². The van der Waals surface area contributed by atoms with E-state index in [2.05, 4.69) is 26.2 Å². The number of benzene rings is 3. The summed E-state index contributed by atoms with van der Waals surface area (Å²) >= 11 is 17.5. The van der Waals surface area contributed by atoms with Gasteiger partial charge in [0.05, 0.1) is 31.6 Å². The molecule has 1 aromatic heterocycles. The fourth-order valence-corrected chi connectivity index (χ4v) is 8.32. The van der Waals surface area contributed by atoms with Crippen molar-refractivity contribution in [3.63, 3.8) is 0 Å². The lowest BCUT2D eigenvalue weighted by atomic mass is 9.82. The first kappa shape index (κ1) is 30.3. The van der Waals surface area contributed by atoms with Gasteiger partial charge in [0, 0.05) is 38.7 Å². The van der Waals surface area contributed by atoms with E-state index < -0.39 is 46.3 Å².